The van der Waals surface area contributed by atoms with Crippen LogP contribution in [0.4, 0.5) is 10.5 Å². The van der Waals surface area contributed by atoms with E-state index >= 15 is 0 Å². The monoisotopic (exact) mass is 396 g/mol. The third-order valence-corrected chi connectivity index (χ3v) is 5.98. The zero-order valence-electron chi connectivity index (χ0n) is 15.9. The van der Waals surface area contributed by atoms with Crippen molar-refractivity contribution in [3.8, 4) is 0 Å². The van der Waals surface area contributed by atoms with Gasteiger partial charge in [-0.25, -0.2) is 4.79 Å². The van der Waals surface area contributed by atoms with Gasteiger partial charge in [0.15, 0.2) is 0 Å². The molecule has 1 fully saturated rings. The van der Waals surface area contributed by atoms with E-state index < -0.39 is 0 Å². The number of carbonyl (C=O) groups excluding carboxylic acids is 1. The summed E-state index contributed by atoms with van der Waals surface area (Å²) in [7, 11) is 0. The van der Waals surface area contributed by atoms with Crippen LogP contribution in [0.2, 0.25) is 0 Å². The first kappa shape index (κ1) is 18.9. The van der Waals surface area contributed by atoms with E-state index in [1.54, 1.807) is 17.5 Å². The molecule has 1 aliphatic heterocycles. The maximum absolute atomic E-state index is 12.5. The summed E-state index contributed by atoms with van der Waals surface area (Å²) < 4.78 is 5.49. The molecule has 1 aliphatic rings. The Morgan fingerprint density at radius 2 is 2.07 bits per heavy atom. The number of amides is 2. The molecule has 4 rings (SSSR count). The highest BCUT2D eigenvalue weighted by atomic mass is 32.1. The standard InChI is InChI=1S/C21H24N4O2S/c1-15-6-7-20(28-15)19(25-8-10-27-11-9-25)14-23-21(26)24-17-12-16-4-2-3-5-18(16)22-13-17/h2-7,12-13,19H,8-11,14H2,1H3,(H2,23,24,26)/t19-/m0/s1. The van der Waals surface area contributed by atoms with Crippen LogP contribution >= 0.6 is 11.3 Å². The first-order valence-corrected chi connectivity index (χ1v) is 10.3. The van der Waals surface area contributed by atoms with E-state index in [0.29, 0.717) is 12.2 Å². The fraction of sp³-hybridized carbons (Fsp3) is 0.333. The van der Waals surface area contributed by atoms with E-state index in [1.165, 1.54) is 9.75 Å². The van der Waals surface area contributed by atoms with Gasteiger partial charge in [0.1, 0.15) is 0 Å². The predicted octanol–water partition coefficient (Wildman–Crippen LogP) is 3.80. The molecule has 0 radical (unpaired) electrons. The molecule has 0 bridgehead atoms. The number of hydrogen-bond donors (Lipinski definition) is 2. The molecule has 0 spiro atoms. The number of benzene rings is 1. The number of ether oxygens (including phenoxy) is 1. The van der Waals surface area contributed by atoms with Gasteiger partial charge in [-0.05, 0) is 31.2 Å². The number of pyridine rings is 1. The lowest BCUT2D eigenvalue weighted by atomic mass is 10.2. The Kier molecular flexibility index (Phi) is 5.85. The molecule has 28 heavy (non-hydrogen) atoms. The van der Waals surface area contributed by atoms with Gasteiger partial charge in [0.05, 0.1) is 36.7 Å². The molecule has 0 unspecified atom stereocenters. The zero-order chi connectivity index (χ0) is 19.3. The summed E-state index contributed by atoms with van der Waals surface area (Å²) in [6, 6.07) is 14.0. The first-order chi connectivity index (χ1) is 13.7. The lowest BCUT2D eigenvalue weighted by Gasteiger charge is -2.34. The minimum atomic E-state index is -0.219. The number of hydrogen-bond acceptors (Lipinski definition) is 5. The summed E-state index contributed by atoms with van der Waals surface area (Å²) in [4.78, 5) is 21.8. The molecule has 0 saturated carbocycles. The van der Waals surface area contributed by atoms with Crippen molar-refractivity contribution >= 4 is 34.0 Å². The van der Waals surface area contributed by atoms with E-state index in [4.69, 9.17) is 4.74 Å². The summed E-state index contributed by atoms with van der Waals surface area (Å²) in [5.41, 5.74) is 1.60. The number of thiophene rings is 1. The average molecular weight is 397 g/mol. The second-order valence-electron chi connectivity index (χ2n) is 6.86. The lowest BCUT2D eigenvalue weighted by Crippen LogP contribution is -2.44. The van der Waals surface area contributed by atoms with E-state index in [0.717, 1.165) is 37.2 Å². The highest BCUT2D eigenvalue weighted by Gasteiger charge is 2.24. The van der Waals surface area contributed by atoms with Crippen LogP contribution in [0.15, 0.2) is 48.7 Å². The third-order valence-electron chi connectivity index (χ3n) is 4.88. The molecule has 7 heteroatoms. The third kappa shape index (κ3) is 4.49. The maximum atomic E-state index is 12.5. The molecule has 1 aromatic carbocycles. The van der Waals surface area contributed by atoms with Gasteiger partial charge in [-0.3, -0.25) is 9.88 Å². The molecule has 146 valence electrons. The largest absolute Gasteiger partial charge is 0.379 e. The van der Waals surface area contributed by atoms with Crippen molar-refractivity contribution in [3.05, 3.63) is 58.4 Å². The molecule has 0 aliphatic carbocycles. The number of aromatic nitrogens is 1. The molecule has 3 heterocycles. The Labute approximate surface area is 168 Å². The molecule has 6 nitrogen and oxygen atoms in total. The number of aryl methyl sites for hydroxylation is 1. The minimum absolute atomic E-state index is 0.156. The van der Waals surface area contributed by atoms with Crippen molar-refractivity contribution in [2.45, 2.75) is 13.0 Å². The van der Waals surface area contributed by atoms with Crippen LogP contribution in [0.1, 0.15) is 15.8 Å². The molecule has 1 saturated heterocycles. The topological polar surface area (TPSA) is 66.5 Å². The highest BCUT2D eigenvalue weighted by molar-refractivity contribution is 7.12. The Hall–Kier alpha value is -2.48. The minimum Gasteiger partial charge on any atom is -0.379 e. The van der Waals surface area contributed by atoms with E-state index in [-0.39, 0.29) is 12.1 Å². The van der Waals surface area contributed by atoms with Gasteiger partial charge < -0.3 is 15.4 Å². The number of anilines is 1. The van der Waals surface area contributed by atoms with Crippen molar-refractivity contribution in [2.75, 3.05) is 38.2 Å². The van der Waals surface area contributed by atoms with E-state index in [1.807, 2.05) is 30.3 Å². The number of urea groups is 1. The van der Waals surface area contributed by atoms with Crippen LogP contribution in [-0.4, -0.2) is 48.8 Å². The van der Waals surface area contributed by atoms with Gasteiger partial charge in [-0.15, -0.1) is 11.3 Å². The summed E-state index contributed by atoms with van der Waals surface area (Å²) in [5.74, 6) is 0. The van der Waals surface area contributed by atoms with Crippen molar-refractivity contribution in [1.82, 2.24) is 15.2 Å². The van der Waals surface area contributed by atoms with Crippen LogP contribution in [0.5, 0.6) is 0 Å². The number of para-hydroxylation sites is 1. The molecule has 1 atom stereocenters. The van der Waals surface area contributed by atoms with Crippen molar-refractivity contribution in [2.24, 2.45) is 0 Å². The zero-order valence-corrected chi connectivity index (χ0v) is 16.7. The van der Waals surface area contributed by atoms with Gasteiger partial charge in [-0.1, -0.05) is 18.2 Å². The predicted molar refractivity (Wildman–Crippen MR) is 113 cm³/mol. The van der Waals surface area contributed by atoms with Gasteiger partial charge in [0.2, 0.25) is 0 Å². The van der Waals surface area contributed by atoms with Gasteiger partial charge in [0, 0.05) is 34.8 Å². The highest BCUT2D eigenvalue weighted by Crippen LogP contribution is 2.28. The second-order valence-corrected chi connectivity index (χ2v) is 8.18. The van der Waals surface area contributed by atoms with Gasteiger partial charge in [-0.2, -0.15) is 0 Å². The Bertz CT molecular complexity index is 952. The number of morpholine rings is 1. The van der Waals surface area contributed by atoms with Gasteiger partial charge >= 0.3 is 6.03 Å². The molecule has 2 N–H and O–H groups in total. The van der Waals surface area contributed by atoms with Crippen LogP contribution < -0.4 is 10.6 Å². The van der Waals surface area contributed by atoms with Crippen LogP contribution in [-0.2, 0) is 4.74 Å². The maximum Gasteiger partial charge on any atom is 0.319 e. The van der Waals surface area contributed by atoms with Crippen molar-refractivity contribution < 1.29 is 9.53 Å². The Morgan fingerprint density at radius 1 is 1.25 bits per heavy atom. The van der Waals surface area contributed by atoms with Crippen molar-refractivity contribution in [3.63, 3.8) is 0 Å². The summed E-state index contributed by atoms with van der Waals surface area (Å²) in [5, 5.41) is 6.93. The van der Waals surface area contributed by atoms with Crippen LogP contribution in [0, 0.1) is 6.92 Å². The molecule has 3 aromatic rings. The molecule has 2 aromatic heterocycles. The summed E-state index contributed by atoms with van der Waals surface area (Å²) >= 11 is 1.78. The smallest absolute Gasteiger partial charge is 0.319 e. The van der Waals surface area contributed by atoms with Crippen LogP contribution in [0.25, 0.3) is 10.9 Å². The van der Waals surface area contributed by atoms with Crippen molar-refractivity contribution in [1.29, 1.82) is 0 Å². The first-order valence-electron chi connectivity index (χ1n) is 9.47. The number of nitrogens with one attached hydrogen (secondary N) is 2. The molecular weight excluding hydrogens is 372 g/mol. The number of carbonyl (C=O) groups is 1. The number of nitrogens with zero attached hydrogens (tertiary/aromatic N) is 2. The van der Waals surface area contributed by atoms with E-state index in [9.17, 15) is 4.79 Å². The summed E-state index contributed by atoms with van der Waals surface area (Å²) in [6.45, 7) is 5.87. The molecule has 2 amide bonds. The normalized spacial score (nSPS) is 16.0. The Morgan fingerprint density at radius 3 is 2.86 bits per heavy atom. The van der Waals surface area contributed by atoms with Crippen LogP contribution in [0.3, 0.4) is 0 Å². The molecular formula is C21H24N4O2S. The number of rotatable bonds is 5. The number of fused-ring (bicyclic) bond motifs is 1. The average Bonchev–Trinajstić information content (AvgIpc) is 3.15. The van der Waals surface area contributed by atoms with Gasteiger partial charge in [0.25, 0.3) is 0 Å². The SMILES string of the molecule is Cc1ccc([C@H](CNC(=O)Nc2cnc3ccccc3c2)N2CCOCC2)s1. The fourth-order valence-corrected chi connectivity index (χ4v) is 4.45. The van der Waals surface area contributed by atoms with E-state index in [2.05, 4.69) is 39.6 Å². The Balaban J connectivity index is 1.41. The quantitative estimate of drug-likeness (QED) is 0.688. The lowest BCUT2D eigenvalue weighted by molar-refractivity contribution is 0.0175. The second kappa shape index (κ2) is 8.68. The summed E-state index contributed by atoms with van der Waals surface area (Å²) in [6.07, 6.45) is 1.68. The fourth-order valence-electron chi connectivity index (χ4n) is 3.44.